The summed E-state index contributed by atoms with van der Waals surface area (Å²) in [4.78, 5) is 5.25. The van der Waals surface area contributed by atoms with Gasteiger partial charge in [-0.2, -0.15) is 0 Å². The topological polar surface area (TPSA) is 6.48 Å². The number of hydrogen-bond donors (Lipinski definition) is 0. The highest BCUT2D eigenvalue weighted by molar-refractivity contribution is 7.00. The van der Waals surface area contributed by atoms with Crippen LogP contribution in [-0.2, 0) is 10.8 Å². The van der Waals surface area contributed by atoms with E-state index in [1.165, 1.54) is 145 Å². The van der Waals surface area contributed by atoms with Crippen molar-refractivity contribution in [3.8, 4) is 44.5 Å². The maximum Gasteiger partial charge on any atom is 0.252 e. The molecular formula is C69H43BN2. The molecule has 2 aliphatic heterocycles. The van der Waals surface area contributed by atoms with Gasteiger partial charge in [-0.3, -0.25) is 0 Å². The molecule has 2 spiro atoms. The molecule has 0 fully saturated rings. The summed E-state index contributed by atoms with van der Waals surface area (Å²) in [6.07, 6.45) is 0. The Morgan fingerprint density at radius 3 is 1.08 bits per heavy atom. The molecular weight excluding hydrogens is 868 g/mol. The van der Waals surface area contributed by atoms with Crippen molar-refractivity contribution < 1.29 is 0 Å². The molecule has 11 aromatic rings. The van der Waals surface area contributed by atoms with E-state index in [0.29, 0.717) is 0 Å². The van der Waals surface area contributed by atoms with Gasteiger partial charge in [0.15, 0.2) is 0 Å². The van der Waals surface area contributed by atoms with Crippen LogP contribution in [0.15, 0.2) is 243 Å². The summed E-state index contributed by atoms with van der Waals surface area (Å²) >= 11 is 0. The number of para-hydroxylation sites is 1. The van der Waals surface area contributed by atoms with Crippen molar-refractivity contribution in [1.82, 2.24) is 0 Å². The summed E-state index contributed by atoms with van der Waals surface area (Å²) in [6, 6.07) is 92.7. The Balaban J connectivity index is 0.941. The molecule has 6 aliphatic rings. The maximum atomic E-state index is 2.63. The lowest BCUT2D eigenvalue weighted by atomic mass is 9.33. The zero-order valence-corrected chi connectivity index (χ0v) is 39.6. The third kappa shape index (κ3) is 4.43. The Labute approximate surface area is 419 Å². The smallest absolute Gasteiger partial charge is 0.252 e. The number of nitrogens with zero attached hydrogens (tertiary/aromatic N) is 2. The lowest BCUT2D eigenvalue weighted by Crippen LogP contribution is -2.61. The van der Waals surface area contributed by atoms with Crippen molar-refractivity contribution in [2.45, 2.75) is 17.8 Å². The van der Waals surface area contributed by atoms with Crippen molar-refractivity contribution in [2.75, 3.05) is 9.80 Å². The molecule has 11 aromatic carbocycles. The molecule has 0 saturated carbocycles. The van der Waals surface area contributed by atoms with E-state index in [2.05, 4.69) is 259 Å². The van der Waals surface area contributed by atoms with E-state index in [1.807, 2.05) is 0 Å². The summed E-state index contributed by atoms with van der Waals surface area (Å²) in [5, 5.41) is 0. The number of benzene rings is 11. The zero-order chi connectivity index (χ0) is 47.0. The van der Waals surface area contributed by atoms with Gasteiger partial charge < -0.3 is 9.80 Å². The van der Waals surface area contributed by atoms with E-state index in [-0.39, 0.29) is 6.71 Å². The molecule has 2 heterocycles. The highest BCUT2D eigenvalue weighted by Crippen LogP contribution is 2.67. The van der Waals surface area contributed by atoms with Crippen molar-refractivity contribution in [3.05, 3.63) is 293 Å². The summed E-state index contributed by atoms with van der Waals surface area (Å²) < 4.78 is 0. The van der Waals surface area contributed by atoms with Gasteiger partial charge in [0.2, 0.25) is 0 Å². The number of hydrogen-bond acceptors (Lipinski definition) is 2. The predicted molar refractivity (Wildman–Crippen MR) is 298 cm³/mol. The molecule has 0 aromatic heterocycles. The SMILES string of the molecule is Cc1ccc2c(c1)B1c3ccccc3N(c3cccc4c3-c3ccccc3C43c4ccccc4-c4ccccc43)c3cccc(c31)N2c1cccc2c1-c1ccccc1C21c2ccccc2-c2ccccc21. The molecule has 17 rings (SSSR count). The van der Waals surface area contributed by atoms with Gasteiger partial charge in [0.05, 0.1) is 22.2 Å². The van der Waals surface area contributed by atoms with Gasteiger partial charge in [0.1, 0.15) is 0 Å². The number of rotatable bonds is 2. The number of fused-ring (bicyclic) bond motifs is 24. The van der Waals surface area contributed by atoms with Crippen LogP contribution in [0.25, 0.3) is 44.5 Å². The van der Waals surface area contributed by atoms with Crippen LogP contribution in [0.4, 0.5) is 34.1 Å². The van der Waals surface area contributed by atoms with Gasteiger partial charge in [-0.25, -0.2) is 0 Å². The highest BCUT2D eigenvalue weighted by atomic mass is 15.2. The molecule has 0 saturated heterocycles. The minimum Gasteiger partial charge on any atom is -0.311 e. The number of aryl methyl sites for hydroxylation is 1. The van der Waals surface area contributed by atoms with E-state index in [1.54, 1.807) is 0 Å². The van der Waals surface area contributed by atoms with Crippen molar-refractivity contribution >= 4 is 57.2 Å². The summed E-state index contributed by atoms with van der Waals surface area (Å²) in [6.45, 7) is 2.27. The van der Waals surface area contributed by atoms with Crippen LogP contribution in [-0.4, -0.2) is 6.71 Å². The molecule has 0 atom stereocenters. The van der Waals surface area contributed by atoms with Gasteiger partial charge in [0.25, 0.3) is 6.71 Å². The fourth-order valence-electron chi connectivity index (χ4n) is 15.1. The number of anilines is 6. The third-order valence-electron chi connectivity index (χ3n) is 17.5. The van der Waals surface area contributed by atoms with Crippen LogP contribution in [0.2, 0.25) is 0 Å². The molecule has 332 valence electrons. The van der Waals surface area contributed by atoms with Crippen molar-refractivity contribution in [1.29, 1.82) is 0 Å². The first-order valence-corrected chi connectivity index (χ1v) is 25.5. The Kier molecular flexibility index (Phi) is 7.39. The second kappa shape index (κ2) is 13.7. The first kappa shape index (κ1) is 38.9. The fraction of sp³-hybridized carbons (Fsp3) is 0.0435. The van der Waals surface area contributed by atoms with E-state index in [9.17, 15) is 0 Å². The summed E-state index contributed by atoms with van der Waals surface area (Å²) in [7, 11) is 0. The van der Waals surface area contributed by atoms with Gasteiger partial charge in [-0.1, -0.05) is 212 Å². The highest BCUT2D eigenvalue weighted by Gasteiger charge is 2.55. The standard InChI is InChI=1S/C69H43BN2/c1-42-39-40-60-58(41-42)70-57-33-14-15-34-59(57)71(61-35-16-31-55-65(61)47-23-6-12-29-53(47)68(55)49-25-8-2-19-43(49)44-20-3-9-26-50(44)68)63-37-18-38-64(67(63)70)72(60)62-36-17-32-56-66(62)48-24-7-13-30-54(48)69(56)51-27-10-4-21-45(51)46-22-5-11-28-52(46)69/h2-41H,1H3. The van der Waals surface area contributed by atoms with Crippen LogP contribution in [0.3, 0.4) is 0 Å². The van der Waals surface area contributed by atoms with Crippen molar-refractivity contribution in [3.63, 3.8) is 0 Å². The molecule has 0 bridgehead atoms. The van der Waals surface area contributed by atoms with E-state index < -0.39 is 10.8 Å². The average molecular weight is 911 g/mol. The molecule has 3 heteroatoms. The second-order valence-electron chi connectivity index (χ2n) is 20.6. The van der Waals surface area contributed by atoms with E-state index in [4.69, 9.17) is 0 Å². The molecule has 0 unspecified atom stereocenters. The van der Waals surface area contributed by atoms with E-state index in [0.717, 1.165) is 0 Å². The van der Waals surface area contributed by atoms with Gasteiger partial charge in [-0.05, 0) is 138 Å². The predicted octanol–water partition coefficient (Wildman–Crippen LogP) is 14.8. The Morgan fingerprint density at radius 1 is 0.278 bits per heavy atom. The minimum atomic E-state index is -0.447. The third-order valence-corrected chi connectivity index (χ3v) is 17.5. The van der Waals surface area contributed by atoms with Crippen LogP contribution in [0.5, 0.6) is 0 Å². The largest absolute Gasteiger partial charge is 0.311 e. The first-order chi connectivity index (χ1) is 35.7. The monoisotopic (exact) mass is 910 g/mol. The second-order valence-corrected chi connectivity index (χ2v) is 20.6. The molecule has 0 radical (unpaired) electrons. The van der Waals surface area contributed by atoms with E-state index >= 15 is 0 Å². The molecule has 4 aliphatic carbocycles. The lowest BCUT2D eigenvalue weighted by Gasteiger charge is -2.45. The van der Waals surface area contributed by atoms with Gasteiger partial charge >= 0.3 is 0 Å². The zero-order valence-electron chi connectivity index (χ0n) is 39.6. The molecule has 0 amide bonds. The van der Waals surface area contributed by atoms with Crippen LogP contribution in [0, 0.1) is 6.92 Å². The Hall–Kier alpha value is -8.92. The molecule has 2 nitrogen and oxygen atoms in total. The summed E-state index contributed by atoms with van der Waals surface area (Å²) in [5.41, 5.74) is 32.9. The van der Waals surface area contributed by atoms with Gasteiger partial charge in [0, 0.05) is 33.9 Å². The minimum absolute atomic E-state index is 0.0164. The maximum absolute atomic E-state index is 2.63. The average Bonchev–Trinajstić information content (AvgIpc) is 4.13. The van der Waals surface area contributed by atoms with Crippen LogP contribution >= 0.6 is 0 Å². The van der Waals surface area contributed by atoms with Crippen LogP contribution in [0.1, 0.15) is 50.1 Å². The van der Waals surface area contributed by atoms with Gasteiger partial charge in [-0.15, -0.1) is 0 Å². The fourth-order valence-corrected chi connectivity index (χ4v) is 15.1. The summed E-state index contributed by atoms with van der Waals surface area (Å²) in [5.74, 6) is 0. The first-order valence-electron chi connectivity index (χ1n) is 25.5. The Bertz CT molecular complexity index is 4130. The van der Waals surface area contributed by atoms with Crippen molar-refractivity contribution in [2.24, 2.45) is 0 Å². The molecule has 72 heavy (non-hydrogen) atoms. The lowest BCUT2D eigenvalue weighted by molar-refractivity contribution is 0.793. The Morgan fingerprint density at radius 2 is 0.611 bits per heavy atom. The van der Waals surface area contributed by atoms with Crippen LogP contribution < -0.4 is 26.2 Å². The quantitative estimate of drug-likeness (QED) is 0.160. The normalized spacial score (nSPS) is 15.2. The molecule has 0 N–H and O–H groups in total.